The van der Waals surface area contributed by atoms with E-state index in [1.54, 1.807) is 5.56 Å². The second kappa shape index (κ2) is 9.80. The van der Waals surface area contributed by atoms with Gasteiger partial charge in [0.15, 0.2) is 0 Å². The molecule has 1 saturated carbocycles. The van der Waals surface area contributed by atoms with E-state index < -0.39 is 0 Å². The Bertz CT molecular complexity index is 718. The molecule has 1 aliphatic rings. The maximum Gasteiger partial charge on any atom is 0.0739 e. The van der Waals surface area contributed by atoms with Gasteiger partial charge in [0.1, 0.15) is 0 Å². The molecule has 0 bridgehead atoms. The molecule has 0 heterocycles. The lowest BCUT2D eigenvalue weighted by Gasteiger charge is -2.29. The zero-order valence-electron chi connectivity index (χ0n) is 15.8. The van der Waals surface area contributed by atoms with Gasteiger partial charge in [-0.3, -0.25) is 0 Å². The van der Waals surface area contributed by atoms with Gasteiger partial charge in [-0.15, -0.1) is 0 Å². The minimum absolute atomic E-state index is 0.772. The van der Waals surface area contributed by atoms with Gasteiger partial charge in [0.25, 0.3) is 0 Å². The van der Waals surface area contributed by atoms with Gasteiger partial charge in [0.2, 0.25) is 0 Å². The van der Waals surface area contributed by atoms with Gasteiger partial charge in [0, 0.05) is 0 Å². The Kier molecular flexibility index (Phi) is 7.17. The number of rotatable bonds is 7. The summed E-state index contributed by atoms with van der Waals surface area (Å²) in [7, 11) is 0. The van der Waals surface area contributed by atoms with Crippen molar-refractivity contribution in [2.24, 2.45) is 10.9 Å². The summed E-state index contributed by atoms with van der Waals surface area (Å²) >= 11 is 4.65. The Balaban J connectivity index is 1.45. The van der Waals surface area contributed by atoms with Crippen molar-refractivity contribution >= 4 is 23.1 Å². The first-order valence-electron chi connectivity index (χ1n) is 10.0. The van der Waals surface area contributed by atoms with E-state index in [2.05, 4.69) is 65.7 Å². The van der Waals surface area contributed by atoms with Crippen molar-refractivity contribution in [3.05, 3.63) is 65.2 Å². The number of isothiocyanates is 1. The first-order valence-corrected chi connectivity index (χ1v) is 10.4. The highest BCUT2D eigenvalue weighted by atomic mass is 32.1. The fourth-order valence-electron chi connectivity index (χ4n) is 4.19. The fraction of sp³-hybridized carbons (Fsp3) is 0.458. The molecule has 1 nitrogen and oxygen atoms in total. The molecule has 2 aromatic carbocycles. The molecular weight excluding hydrogens is 334 g/mol. The summed E-state index contributed by atoms with van der Waals surface area (Å²) in [6.07, 6.45) is 10.3. The molecule has 2 heteroatoms. The summed E-state index contributed by atoms with van der Waals surface area (Å²) < 4.78 is 0. The van der Waals surface area contributed by atoms with Crippen LogP contribution in [0.15, 0.2) is 53.5 Å². The molecule has 26 heavy (non-hydrogen) atoms. The standard InChI is InChI=1S/C24H29NS/c1-2-3-19-6-12-22(13-7-19)23-14-8-20(9-15-23)4-5-21-10-16-24(17-11-21)25-18-26/h6-7,10-13,16-17,20,23H,2-5,8-9,14-15H2,1H3/t20-,23-. The molecule has 2 aromatic rings. The van der Waals surface area contributed by atoms with Crippen LogP contribution in [-0.4, -0.2) is 5.16 Å². The number of hydrogen-bond acceptors (Lipinski definition) is 2. The quantitative estimate of drug-likeness (QED) is 0.372. The summed E-state index contributed by atoms with van der Waals surface area (Å²) in [6, 6.07) is 17.8. The molecule has 1 fully saturated rings. The highest BCUT2D eigenvalue weighted by Gasteiger charge is 2.22. The average molecular weight is 364 g/mol. The van der Waals surface area contributed by atoms with Crippen molar-refractivity contribution in [1.29, 1.82) is 0 Å². The van der Waals surface area contributed by atoms with E-state index in [-0.39, 0.29) is 0 Å². The van der Waals surface area contributed by atoms with Gasteiger partial charge in [-0.1, -0.05) is 49.7 Å². The zero-order valence-corrected chi connectivity index (χ0v) is 16.6. The second-order valence-electron chi connectivity index (χ2n) is 7.62. The zero-order chi connectivity index (χ0) is 18.2. The highest BCUT2D eigenvalue weighted by molar-refractivity contribution is 7.78. The van der Waals surface area contributed by atoms with E-state index in [4.69, 9.17) is 0 Å². The first kappa shape index (κ1) is 19.0. The molecular formula is C24H29NS. The van der Waals surface area contributed by atoms with E-state index in [9.17, 15) is 0 Å². The van der Waals surface area contributed by atoms with Crippen molar-refractivity contribution < 1.29 is 0 Å². The summed E-state index contributed by atoms with van der Waals surface area (Å²) in [5.41, 5.74) is 5.33. The third kappa shape index (κ3) is 5.37. The highest BCUT2D eigenvalue weighted by Crippen LogP contribution is 2.37. The second-order valence-corrected chi connectivity index (χ2v) is 7.80. The Morgan fingerprint density at radius 2 is 1.50 bits per heavy atom. The van der Waals surface area contributed by atoms with Gasteiger partial charge in [0.05, 0.1) is 10.8 Å². The molecule has 0 atom stereocenters. The molecule has 0 aliphatic heterocycles. The van der Waals surface area contributed by atoms with Gasteiger partial charge in [-0.05, 0) is 97.8 Å². The molecule has 136 valence electrons. The molecule has 0 amide bonds. The smallest absolute Gasteiger partial charge is 0.0739 e. The lowest BCUT2D eigenvalue weighted by molar-refractivity contribution is 0.310. The van der Waals surface area contributed by atoms with Gasteiger partial charge in [-0.25, -0.2) is 0 Å². The summed E-state index contributed by atoms with van der Waals surface area (Å²) in [4.78, 5) is 4.02. The summed E-state index contributed by atoms with van der Waals surface area (Å²) in [6.45, 7) is 2.25. The maximum atomic E-state index is 4.65. The van der Waals surface area contributed by atoms with Crippen LogP contribution >= 0.6 is 12.2 Å². The largest absolute Gasteiger partial charge is 0.195 e. The third-order valence-corrected chi connectivity index (χ3v) is 5.88. The van der Waals surface area contributed by atoms with Crippen LogP contribution in [0.25, 0.3) is 0 Å². The molecule has 0 unspecified atom stereocenters. The topological polar surface area (TPSA) is 12.4 Å². The lowest BCUT2D eigenvalue weighted by atomic mass is 9.77. The van der Waals surface area contributed by atoms with E-state index >= 15 is 0 Å². The van der Waals surface area contributed by atoms with Crippen LogP contribution in [0.2, 0.25) is 0 Å². The molecule has 0 aromatic heterocycles. The van der Waals surface area contributed by atoms with Crippen molar-refractivity contribution in [2.45, 2.75) is 64.2 Å². The minimum atomic E-state index is 0.772. The number of aliphatic imine (C=N–C) groups is 1. The van der Waals surface area contributed by atoms with E-state index in [0.717, 1.165) is 17.5 Å². The monoisotopic (exact) mass is 363 g/mol. The van der Waals surface area contributed by atoms with Crippen molar-refractivity contribution in [3.8, 4) is 0 Å². The molecule has 3 rings (SSSR count). The predicted octanol–water partition coefficient (Wildman–Crippen LogP) is 7.28. The fourth-order valence-corrected chi connectivity index (χ4v) is 4.30. The summed E-state index contributed by atoms with van der Waals surface area (Å²) in [5, 5.41) is 2.42. The Morgan fingerprint density at radius 1 is 0.885 bits per heavy atom. The number of nitrogens with zero attached hydrogens (tertiary/aromatic N) is 1. The van der Waals surface area contributed by atoms with Crippen LogP contribution < -0.4 is 0 Å². The van der Waals surface area contributed by atoms with Crippen molar-refractivity contribution in [2.75, 3.05) is 0 Å². The van der Waals surface area contributed by atoms with Crippen molar-refractivity contribution in [3.63, 3.8) is 0 Å². The van der Waals surface area contributed by atoms with E-state index in [1.807, 2.05) is 12.1 Å². The van der Waals surface area contributed by atoms with E-state index in [1.165, 1.54) is 62.5 Å². The molecule has 0 N–H and O–H groups in total. The van der Waals surface area contributed by atoms with Crippen LogP contribution in [0.3, 0.4) is 0 Å². The third-order valence-electron chi connectivity index (χ3n) is 5.79. The normalized spacial score (nSPS) is 19.7. The Hall–Kier alpha value is -1.76. The predicted molar refractivity (Wildman–Crippen MR) is 115 cm³/mol. The molecule has 1 aliphatic carbocycles. The number of hydrogen-bond donors (Lipinski definition) is 0. The molecule has 0 saturated heterocycles. The Labute approximate surface area is 163 Å². The number of aryl methyl sites for hydroxylation is 2. The van der Waals surface area contributed by atoms with Gasteiger partial charge < -0.3 is 0 Å². The average Bonchev–Trinajstić information content (AvgIpc) is 2.69. The van der Waals surface area contributed by atoms with Gasteiger partial charge >= 0.3 is 0 Å². The van der Waals surface area contributed by atoms with Crippen LogP contribution in [0.5, 0.6) is 0 Å². The van der Waals surface area contributed by atoms with Gasteiger partial charge in [-0.2, -0.15) is 4.99 Å². The molecule has 0 radical (unpaired) electrons. The van der Waals surface area contributed by atoms with Crippen LogP contribution in [0, 0.1) is 5.92 Å². The lowest BCUT2D eigenvalue weighted by Crippen LogP contribution is -2.14. The number of thiocarbonyl (C=S) groups is 1. The Morgan fingerprint density at radius 3 is 2.12 bits per heavy atom. The van der Waals surface area contributed by atoms with Crippen LogP contribution in [-0.2, 0) is 12.8 Å². The first-order chi connectivity index (χ1) is 12.8. The van der Waals surface area contributed by atoms with Crippen LogP contribution in [0.4, 0.5) is 5.69 Å². The van der Waals surface area contributed by atoms with E-state index in [0.29, 0.717) is 0 Å². The maximum absolute atomic E-state index is 4.65. The molecule has 0 spiro atoms. The minimum Gasteiger partial charge on any atom is -0.195 e. The summed E-state index contributed by atoms with van der Waals surface area (Å²) in [5.74, 6) is 1.65. The van der Waals surface area contributed by atoms with Crippen molar-refractivity contribution in [1.82, 2.24) is 0 Å². The SMILES string of the molecule is CCCc1ccc([C@H]2CC[C@H](CCc3ccc(N=C=S)cc3)CC2)cc1. The van der Waals surface area contributed by atoms with Crippen LogP contribution in [0.1, 0.15) is 68.1 Å². The number of benzene rings is 2.